The maximum Gasteiger partial charge on any atom is 0.435 e. The minimum atomic E-state index is -0.591. The number of ether oxygens (including phenoxy) is 1. The summed E-state index contributed by atoms with van der Waals surface area (Å²) in [5.41, 5.74) is 1.97. The topological polar surface area (TPSA) is 84.7 Å². The highest BCUT2D eigenvalue weighted by molar-refractivity contribution is 6.36. The molecule has 1 aliphatic carbocycles. The lowest BCUT2D eigenvalue weighted by Gasteiger charge is -2.31. The zero-order valence-corrected chi connectivity index (χ0v) is 19.9. The van der Waals surface area contributed by atoms with Crippen LogP contribution in [0.3, 0.4) is 0 Å². The molecule has 0 saturated carbocycles. The Kier molecular flexibility index (Phi) is 6.16. The molecule has 2 unspecified atom stereocenters. The second-order valence-electron chi connectivity index (χ2n) is 9.53. The van der Waals surface area contributed by atoms with Crippen molar-refractivity contribution in [1.29, 1.82) is 0 Å². The van der Waals surface area contributed by atoms with E-state index in [0.717, 1.165) is 24.1 Å². The first kappa shape index (κ1) is 22.9. The van der Waals surface area contributed by atoms with E-state index in [2.05, 4.69) is 5.10 Å². The van der Waals surface area contributed by atoms with Crippen molar-refractivity contribution in [1.82, 2.24) is 14.7 Å². The number of nitrogens with zero attached hydrogens (tertiary/aromatic N) is 3. The van der Waals surface area contributed by atoms with Crippen LogP contribution in [0.2, 0.25) is 10.0 Å². The van der Waals surface area contributed by atoms with Crippen LogP contribution >= 0.6 is 23.2 Å². The second-order valence-corrected chi connectivity index (χ2v) is 10.3. The number of halogens is 2. The molecule has 1 aromatic heterocycles. The number of aryl methyl sites for hydroxylation is 1. The van der Waals surface area contributed by atoms with E-state index >= 15 is 0 Å². The highest BCUT2D eigenvalue weighted by Crippen LogP contribution is 2.35. The first-order valence-corrected chi connectivity index (χ1v) is 11.6. The number of phenolic OH excluding ortho intramolecular Hbond substituents is 1. The van der Waals surface area contributed by atoms with Gasteiger partial charge in [-0.3, -0.25) is 4.79 Å². The second kappa shape index (κ2) is 8.60. The first-order valence-electron chi connectivity index (χ1n) is 10.8. The number of fused-ring (bicyclic) bond motifs is 1. The molecule has 1 N–H and O–H groups in total. The predicted molar refractivity (Wildman–Crippen MR) is 121 cm³/mol. The SMILES string of the molecule is CC(C)(C)OC(=O)n1cc2c(n1)CCC(N1CCC(Cc3c(Cl)cc(O)cc3Cl)C1=O)C2. The van der Waals surface area contributed by atoms with Crippen LogP contribution in [0.5, 0.6) is 5.75 Å². The van der Waals surface area contributed by atoms with Gasteiger partial charge in [0.15, 0.2) is 0 Å². The summed E-state index contributed by atoms with van der Waals surface area (Å²) in [7, 11) is 0. The van der Waals surface area contributed by atoms with Crippen LogP contribution in [0.4, 0.5) is 4.79 Å². The van der Waals surface area contributed by atoms with Gasteiger partial charge in [-0.05, 0) is 76.1 Å². The number of hydrogen-bond donors (Lipinski definition) is 1. The van der Waals surface area contributed by atoms with E-state index in [1.54, 1.807) is 6.20 Å². The van der Waals surface area contributed by atoms with E-state index in [1.165, 1.54) is 16.8 Å². The number of benzene rings is 1. The number of likely N-dealkylation sites (tertiary alicyclic amines) is 1. The fraction of sp³-hybridized carbons (Fsp3) is 0.522. The van der Waals surface area contributed by atoms with Crippen LogP contribution in [-0.4, -0.2) is 50.0 Å². The minimum absolute atomic E-state index is 0.00747. The Morgan fingerprint density at radius 2 is 1.94 bits per heavy atom. The quantitative estimate of drug-likeness (QED) is 0.693. The van der Waals surface area contributed by atoms with Gasteiger partial charge in [-0.15, -0.1) is 0 Å². The van der Waals surface area contributed by atoms with E-state index in [-0.39, 0.29) is 23.6 Å². The molecule has 1 saturated heterocycles. The molecule has 9 heteroatoms. The summed E-state index contributed by atoms with van der Waals surface area (Å²) in [5.74, 6) is -0.0910. The van der Waals surface area contributed by atoms with Crippen molar-refractivity contribution in [2.45, 2.75) is 64.5 Å². The summed E-state index contributed by atoms with van der Waals surface area (Å²) in [4.78, 5) is 27.5. The molecule has 1 aromatic carbocycles. The van der Waals surface area contributed by atoms with E-state index in [1.807, 2.05) is 25.7 Å². The van der Waals surface area contributed by atoms with E-state index < -0.39 is 11.7 Å². The summed E-state index contributed by atoms with van der Waals surface area (Å²) < 4.78 is 6.67. The van der Waals surface area contributed by atoms with Crippen molar-refractivity contribution in [2.75, 3.05) is 6.54 Å². The largest absolute Gasteiger partial charge is 0.508 e. The van der Waals surface area contributed by atoms with Gasteiger partial charge in [-0.1, -0.05) is 23.2 Å². The molecule has 1 aliphatic heterocycles. The number of carbonyl (C=O) groups is 2. The van der Waals surface area contributed by atoms with Gasteiger partial charge in [0.2, 0.25) is 5.91 Å². The molecule has 32 heavy (non-hydrogen) atoms. The Bertz CT molecular complexity index is 1040. The van der Waals surface area contributed by atoms with Crippen molar-refractivity contribution in [3.63, 3.8) is 0 Å². The molecular weight excluding hydrogens is 453 g/mol. The van der Waals surface area contributed by atoms with Gasteiger partial charge in [0.1, 0.15) is 11.4 Å². The summed E-state index contributed by atoms with van der Waals surface area (Å²) in [5, 5.41) is 14.8. The Labute approximate surface area is 197 Å². The summed E-state index contributed by atoms with van der Waals surface area (Å²) >= 11 is 12.5. The zero-order chi connectivity index (χ0) is 23.2. The van der Waals surface area contributed by atoms with Crippen molar-refractivity contribution < 1.29 is 19.4 Å². The molecule has 4 rings (SSSR count). The fourth-order valence-corrected chi connectivity index (χ4v) is 5.13. The molecular formula is C23H27Cl2N3O4. The highest BCUT2D eigenvalue weighted by atomic mass is 35.5. The Morgan fingerprint density at radius 3 is 2.59 bits per heavy atom. The zero-order valence-electron chi connectivity index (χ0n) is 18.4. The number of carbonyl (C=O) groups excluding carboxylic acids is 2. The van der Waals surface area contributed by atoms with Crippen LogP contribution < -0.4 is 0 Å². The van der Waals surface area contributed by atoms with E-state index in [0.29, 0.717) is 41.4 Å². The van der Waals surface area contributed by atoms with E-state index in [9.17, 15) is 14.7 Å². The first-order chi connectivity index (χ1) is 15.0. The van der Waals surface area contributed by atoms with Crippen LogP contribution in [0.1, 0.15) is 50.4 Å². The normalized spacial score (nSPS) is 21.0. The molecule has 2 aliphatic rings. The average molecular weight is 480 g/mol. The minimum Gasteiger partial charge on any atom is -0.508 e. The molecule has 2 aromatic rings. The molecule has 1 amide bonds. The van der Waals surface area contributed by atoms with Gasteiger partial charge in [-0.25, -0.2) is 4.79 Å². The average Bonchev–Trinajstić information content (AvgIpc) is 3.26. The Morgan fingerprint density at radius 1 is 1.25 bits per heavy atom. The lowest BCUT2D eigenvalue weighted by atomic mass is 9.92. The number of rotatable bonds is 3. The molecule has 172 valence electrons. The van der Waals surface area contributed by atoms with Gasteiger partial charge in [0.05, 0.1) is 5.69 Å². The molecule has 1 fully saturated rings. The van der Waals surface area contributed by atoms with Crippen LogP contribution in [0, 0.1) is 5.92 Å². The highest BCUT2D eigenvalue weighted by Gasteiger charge is 2.38. The third kappa shape index (κ3) is 4.74. The summed E-state index contributed by atoms with van der Waals surface area (Å²) in [6.45, 7) is 6.13. The lowest BCUT2D eigenvalue weighted by molar-refractivity contribution is -0.133. The van der Waals surface area contributed by atoms with Crippen LogP contribution in [0.25, 0.3) is 0 Å². The van der Waals surface area contributed by atoms with Gasteiger partial charge in [-0.2, -0.15) is 9.78 Å². The molecule has 0 bridgehead atoms. The molecule has 0 radical (unpaired) electrons. The number of aromatic nitrogens is 2. The van der Waals surface area contributed by atoms with Gasteiger partial charge in [0.25, 0.3) is 0 Å². The summed E-state index contributed by atoms with van der Waals surface area (Å²) in [6.07, 6.45) is 4.58. The standard InChI is InChI=1S/C23H27Cl2N3O4/c1-23(2,3)32-22(31)28-12-14-8-15(4-5-20(14)26-28)27-7-6-13(21(27)30)9-17-18(24)10-16(29)11-19(17)25/h10-13,15,29H,4-9H2,1-3H3. The van der Waals surface area contributed by atoms with Gasteiger partial charge < -0.3 is 14.7 Å². The maximum atomic E-state index is 13.2. The monoisotopic (exact) mass is 479 g/mol. The van der Waals surface area contributed by atoms with Crippen molar-refractivity contribution >= 4 is 35.2 Å². The number of phenols is 1. The smallest absolute Gasteiger partial charge is 0.435 e. The Balaban J connectivity index is 1.43. The number of hydrogen-bond acceptors (Lipinski definition) is 5. The molecule has 2 heterocycles. The third-order valence-corrected chi connectivity index (χ3v) is 6.67. The Hall–Kier alpha value is -2.25. The predicted octanol–water partition coefficient (Wildman–Crippen LogP) is 4.63. The number of aromatic hydroxyl groups is 1. The fourth-order valence-electron chi connectivity index (χ4n) is 4.50. The van der Waals surface area contributed by atoms with Gasteiger partial charge in [0, 0.05) is 34.7 Å². The van der Waals surface area contributed by atoms with Gasteiger partial charge >= 0.3 is 6.09 Å². The van der Waals surface area contributed by atoms with Crippen LogP contribution in [0.15, 0.2) is 18.3 Å². The molecule has 7 nitrogen and oxygen atoms in total. The summed E-state index contributed by atoms with van der Waals surface area (Å²) in [6, 6.07) is 2.97. The van der Waals surface area contributed by atoms with Crippen LogP contribution in [-0.2, 0) is 28.8 Å². The maximum absolute atomic E-state index is 13.2. The number of amides is 1. The molecule has 2 atom stereocenters. The third-order valence-electron chi connectivity index (χ3n) is 6.00. The van der Waals surface area contributed by atoms with Crippen molar-refractivity contribution in [2.24, 2.45) is 5.92 Å². The van der Waals surface area contributed by atoms with Crippen molar-refractivity contribution in [3.8, 4) is 5.75 Å². The van der Waals surface area contributed by atoms with E-state index in [4.69, 9.17) is 27.9 Å². The molecule has 0 spiro atoms. The van der Waals surface area contributed by atoms with Crippen molar-refractivity contribution in [3.05, 3.63) is 45.2 Å². The lowest BCUT2D eigenvalue weighted by Crippen LogP contribution is -2.41.